The van der Waals surface area contributed by atoms with Crippen LogP contribution in [-0.4, -0.2) is 44.0 Å². The Morgan fingerprint density at radius 2 is 1.86 bits per heavy atom. The molecule has 5 heteroatoms. The van der Waals surface area contributed by atoms with Crippen LogP contribution in [0.4, 0.5) is 4.79 Å². The summed E-state index contributed by atoms with van der Waals surface area (Å²) in [6.45, 7) is 11.5. The van der Waals surface area contributed by atoms with Crippen LogP contribution in [0.1, 0.15) is 47.5 Å². The number of nitrogens with one attached hydrogen (secondary N) is 2. The Kier molecular flexibility index (Phi) is 6.94. The standard InChI is InChI=1S/C16H32N2O3/c1-11(2)12(9-17-13-7-14(8-13)20-6)10-18-15(19)21-16(3,4)5/h11-14,17H,7-10H2,1-6H3,(H,18,19). The molecule has 1 atom stereocenters. The molecule has 0 aromatic heterocycles. The van der Waals surface area contributed by atoms with Crippen molar-refractivity contribution in [3.05, 3.63) is 0 Å². The van der Waals surface area contributed by atoms with Gasteiger partial charge in [0.2, 0.25) is 0 Å². The average Bonchev–Trinajstić information content (AvgIpc) is 2.28. The highest BCUT2D eigenvalue weighted by Gasteiger charge is 2.29. The number of amides is 1. The van der Waals surface area contributed by atoms with E-state index in [9.17, 15) is 4.79 Å². The molecule has 21 heavy (non-hydrogen) atoms. The molecule has 0 bridgehead atoms. The molecule has 1 aliphatic rings. The maximum Gasteiger partial charge on any atom is 0.407 e. The third-order valence-electron chi connectivity index (χ3n) is 3.95. The van der Waals surface area contributed by atoms with Gasteiger partial charge >= 0.3 is 6.09 Å². The molecule has 0 aromatic rings. The summed E-state index contributed by atoms with van der Waals surface area (Å²) in [7, 11) is 1.77. The minimum absolute atomic E-state index is 0.337. The Balaban J connectivity index is 2.25. The van der Waals surface area contributed by atoms with Gasteiger partial charge in [-0.2, -0.15) is 0 Å². The van der Waals surface area contributed by atoms with E-state index < -0.39 is 5.60 Å². The van der Waals surface area contributed by atoms with Gasteiger partial charge in [0.1, 0.15) is 5.60 Å². The van der Waals surface area contributed by atoms with Crippen molar-refractivity contribution in [2.75, 3.05) is 20.2 Å². The highest BCUT2D eigenvalue weighted by Crippen LogP contribution is 2.23. The Hall–Kier alpha value is -0.810. The molecule has 0 saturated heterocycles. The van der Waals surface area contributed by atoms with Gasteiger partial charge in [-0.3, -0.25) is 0 Å². The predicted molar refractivity (Wildman–Crippen MR) is 84.4 cm³/mol. The zero-order valence-electron chi connectivity index (χ0n) is 14.4. The summed E-state index contributed by atoms with van der Waals surface area (Å²) >= 11 is 0. The molecular formula is C16H32N2O3. The normalized spacial score (nSPS) is 23.6. The number of carbonyl (C=O) groups excluding carboxylic acids is 1. The van der Waals surface area contributed by atoms with Crippen LogP contribution in [0.5, 0.6) is 0 Å². The molecule has 2 N–H and O–H groups in total. The van der Waals surface area contributed by atoms with Crippen molar-refractivity contribution in [3.8, 4) is 0 Å². The van der Waals surface area contributed by atoms with Crippen LogP contribution < -0.4 is 10.6 Å². The van der Waals surface area contributed by atoms with Crippen LogP contribution in [0.25, 0.3) is 0 Å². The Morgan fingerprint density at radius 3 is 2.33 bits per heavy atom. The molecule has 0 aliphatic heterocycles. The van der Waals surface area contributed by atoms with E-state index in [-0.39, 0.29) is 6.09 Å². The fourth-order valence-corrected chi connectivity index (χ4v) is 2.31. The fraction of sp³-hybridized carbons (Fsp3) is 0.938. The first-order valence-corrected chi connectivity index (χ1v) is 7.94. The largest absolute Gasteiger partial charge is 0.444 e. The van der Waals surface area contributed by atoms with E-state index in [2.05, 4.69) is 24.5 Å². The molecular weight excluding hydrogens is 268 g/mol. The lowest BCUT2D eigenvalue weighted by atomic mass is 9.88. The van der Waals surface area contributed by atoms with Gasteiger partial charge in [0.15, 0.2) is 0 Å². The molecule has 0 radical (unpaired) electrons. The van der Waals surface area contributed by atoms with Gasteiger partial charge in [-0.25, -0.2) is 4.79 Å². The summed E-state index contributed by atoms with van der Waals surface area (Å²) < 4.78 is 10.5. The summed E-state index contributed by atoms with van der Waals surface area (Å²) in [5, 5.41) is 6.44. The molecule has 0 aromatic carbocycles. The predicted octanol–water partition coefficient (Wildman–Crippen LogP) is 2.55. The van der Waals surface area contributed by atoms with Crippen LogP contribution in [0.2, 0.25) is 0 Å². The van der Waals surface area contributed by atoms with Gasteiger partial charge in [0, 0.05) is 26.2 Å². The highest BCUT2D eigenvalue weighted by atomic mass is 16.6. The third kappa shape index (κ3) is 7.14. The zero-order chi connectivity index (χ0) is 16.0. The van der Waals surface area contributed by atoms with E-state index in [0.29, 0.717) is 30.5 Å². The number of methoxy groups -OCH3 is 1. The minimum Gasteiger partial charge on any atom is -0.444 e. The molecule has 0 heterocycles. The molecule has 1 fully saturated rings. The molecule has 0 spiro atoms. The second-order valence-electron chi connectivity index (χ2n) is 7.32. The van der Waals surface area contributed by atoms with Crippen LogP contribution in [0.3, 0.4) is 0 Å². The van der Waals surface area contributed by atoms with Crippen molar-refractivity contribution < 1.29 is 14.3 Å². The average molecular weight is 300 g/mol. The maximum atomic E-state index is 11.7. The van der Waals surface area contributed by atoms with Gasteiger partial charge in [-0.05, 0) is 45.4 Å². The first kappa shape index (κ1) is 18.2. The summed E-state index contributed by atoms with van der Waals surface area (Å²) in [4.78, 5) is 11.7. The smallest absolute Gasteiger partial charge is 0.407 e. The van der Waals surface area contributed by atoms with Crippen molar-refractivity contribution in [1.82, 2.24) is 10.6 Å². The molecule has 1 aliphatic carbocycles. The van der Waals surface area contributed by atoms with E-state index in [4.69, 9.17) is 9.47 Å². The van der Waals surface area contributed by atoms with E-state index in [0.717, 1.165) is 19.4 Å². The Bertz CT molecular complexity index is 320. The second kappa shape index (κ2) is 7.99. The molecule has 1 rings (SSSR count). The summed E-state index contributed by atoms with van der Waals surface area (Å²) in [5.41, 5.74) is -0.448. The van der Waals surface area contributed by atoms with E-state index in [1.807, 2.05) is 20.8 Å². The number of alkyl carbamates (subject to hydrolysis) is 1. The molecule has 124 valence electrons. The van der Waals surface area contributed by atoms with Crippen molar-refractivity contribution in [2.24, 2.45) is 11.8 Å². The van der Waals surface area contributed by atoms with Gasteiger partial charge in [0.05, 0.1) is 6.10 Å². The van der Waals surface area contributed by atoms with Crippen LogP contribution in [0.15, 0.2) is 0 Å². The van der Waals surface area contributed by atoms with Gasteiger partial charge in [0.25, 0.3) is 0 Å². The fourth-order valence-electron chi connectivity index (χ4n) is 2.31. The van der Waals surface area contributed by atoms with E-state index >= 15 is 0 Å². The SMILES string of the molecule is COC1CC(NCC(CNC(=O)OC(C)(C)C)C(C)C)C1. The first-order chi connectivity index (χ1) is 9.71. The number of rotatable bonds is 7. The van der Waals surface area contributed by atoms with Crippen molar-refractivity contribution in [3.63, 3.8) is 0 Å². The van der Waals surface area contributed by atoms with Crippen LogP contribution >= 0.6 is 0 Å². The lowest BCUT2D eigenvalue weighted by Crippen LogP contribution is -2.48. The molecule has 5 nitrogen and oxygen atoms in total. The lowest BCUT2D eigenvalue weighted by molar-refractivity contribution is 0.0158. The molecule has 1 amide bonds. The Morgan fingerprint density at radius 1 is 1.24 bits per heavy atom. The number of hydrogen-bond acceptors (Lipinski definition) is 4. The van der Waals surface area contributed by atoms with E-state index in [1.165, 1.54) is 0 Å². The van der Waals surface area contributed by atoms with Crippen molar-refractivity contribution >= 4 is 6.09 Å². The second-order valence-corrected chi connectivity index (χ2v) is 7.32. The first-order valence-electron chi connectivity index (χ1n) is 7.94. The number of hydrogen-bond donors (Lipinski definition) is 2. The minimum atomic E-state index is -0.448. The van der Waals surface area contributed by atoms with Gasteiger partial charge < -0.3 is 20.1 Å². The maximum absolute atomic E-state index is 11.7. The lowest BCUT2D eigenvalue weighted by Gasteiger charge is -2.36. The third-order valence-corrected chi connectivity index (χ3v) is 3.95. The van der Waals surface area contributed by atoms with Crippen molar-refractivity contribution in [2.45, 2.75) is 65.2 Å². The Labute approximate surface area is 129 Å². The van der Waals surface area contributed by atoms with E-state index in [1.54, 1.807) is 7.11 Å². The molecule has 1 unspecified atom stereocenters. The van der Waals surface area contributed by atoms with Crippen molar-refractivity contribution in [1.29, 1.82) is 0 Å². The molecule has 1 saturated carbocycles. The number of ether oxygens (including phenoxy) is 2. The zero-order valence-corrected chi connectivity index (χ0v) is 14.4. The summed E-state index contributed by atoms with van der Waals surface area (Å²) in [5.74, 6) is 0.907. The van der Waals surface area contributed by atoms with Gasteiger partial charge in [-0.1, -0.05) is 13.8 Å². The quantitative estimate of drug-likeness (QED) is 0.758. The van der Waals surface area contributed by atoms with Gasteiger partial charge in [-0.15, -0.1) is 0 Å². The summed E-state index contributed by atoms with van der Waals surface area (Å²) in [6, 6.07) is 0.553. The monoisotopic (exact) mass is 300 g/mol. The highest BCUT2D eigenvalue weighted by molar-refractivity contribution is 5.67. The number of carbonyl (C=O) groups is 1. The summed E-state index contributed by atoms with van der Waals surface area (Å²) in [6.07, 6.45) is 2.25. The van der Waals surface area contributed by atoms with Crippen LogP contribution in [0, 0.1) is 11.8 Å². The van der Waals surface area contributed by atoms with Crippen LogP contribution in [-0.2, 0) is 9.47 Å². The topological polar surface area (TPSA) is 59.6 Å².